The molecular weight excluding hydrogens is 288 g/mol. The van der Waals surface area contributed by atoms with E-state index in [1.54, 1.807) is 19.2 Å². The molecule has 2 N–H and O–H groups in total. The summed E-state index contributed by atoms with van der Waals surface area (Å²) >= 11 is 0. The molecule has 5 nitrogen and oxygen atoms in total. The van der Waals surface area contributed by atoms with Crippen LogP contribution in [0.15, 0.2) is 23.1 Å². The third-order valence-electron chi connectivity index (χ3n) is 4.30. The first-order valence-corrected chi connectivity index (χ1v) is 8.73. The third-order valence-corrected chi connectivity index (χ3v) is 5.26. The van der Waals surface area contributed by atoms with Crippen molar-refractivity contribution in [3.8, 4) is 0 Å². The van der Waals surface area contributed by atoms with Gasteiger partial charge >= 0.3 is 0 Å². The van der Waals surface area contributed by atoms with Gasteiger partial charge in [0.25, 0.3) is 0 Å². The minimum Gasteiger partial charge on any atom is -0.378 e. The molecule has 1 aliphatic heterocycles. The number of rotatable bonds is 3. The molecule has 0 bridgehead atoms. The number of nitrogens with zero attached hydrogens (tertiary/aromatic N) is 1. The first kappa shape index (κ1) is 16.3. The van der Waals surface area contributed by atoms with E-state index in [1.807, 2.05) is 13.0 Å². The number of anilines is 1. The lowest BCUT2D eigenvalue weighted by Crippen LogP contribution is -2.31. The van der Waals surface area contributed by atoms with Gasteiger partial charge in [-0.15, -0.1) is 0 Å². The first-order valence-electron chi connectivity index (χ1n) is 7.19. The van der Waals surface area contributed by atoms with Crippen molar-refractivity contribution < 1.29 is 13.2 Å². The number of ether oxygens (including phenoxy) is 1. The van der Waals surface area contributed by atoms with E-state index in [2.05, 4.69) is 11.8 Å². The fourth-order valence-corrected chi connectivity index (χ4v) is 3.55. The van der Waals surface area contributed by atoms with E-state index in [0.29, 0.717) is 5.69 Å². The fourth-order valence-electron chi connectivity index (χ4n) is 2.81. The van der Waals surface area contributed by atoms with Gasteiger partial charge in [-0.2, -0.15) is 0 Å². The van der Waals surface area contributed by atoms with Gasteiger partial charge in [-0.25, -0.2) is 13.6 Å². The SMILES string of the molecule is COC1(C)CCCN(c2cc(C)ccc2S(N)(=O)=O)CC1. The summed E-state index contributed by atoms with van der Waals surface area (Å²) in [6, 6.07) is 5.27. The summed E-state index contributed by atoms with van der Waals surface area (Å²) < 4.78 is 29.2. The van der Waals surface area contributed by atoms with Gasteiger partial charge in [-0.3, -0.25) is 0 Å². The molecule has 21 heavy (non-hydrogen) atoms. The van der Waals surface area contributed by atoms with Crippen molar-refractivity contribution in [3.05, 3.63) is 23.8 Å². The molecule has 1 aromatic carbocycles. The number of hydrogen-bond donors (Lipinski definition) is 1. The normalized spacial score (nSPS) is 23.9. The highest BCUT2D eigenvalue weighted by molar-refractivity contribution is 7.89. The van der Waals surface area contributed by atoms with E-state index in [0.717, 1.165) is 37.9 Å². The largest absolute Gasteiger partial charge is 0.378 e. The Kier molecular flexibility index (Phi) is 4.60. The van der Waals surface area contributed by atoms with Crippen LogP contribution in [0.25, 0.3) is 0 Å². The Hall–Kier alpha value is -1.11. The maximum atomic E-state index is 11.8. The van der Waals surface area contributed by atoms with Crippen LogP contribution in [0.1, 0.15) is 31.7 Å². The number of methoxy groups -OCH3 is 1. The molecule has 0 aromatic heterocycles. The van der Waals surface area contributed by atoms with E-state index in [4.69, 9.17) is 9.88 Å². The second kappa shape index (κ2) is 5.94. The van der Waals surface area contributed by atoms with Crippen molar-refractivity contribution in [2.24, 2.45) is 5.14 Å². The zero-order valence-electron chi connectivity index (χ0n) is 12.9. The molecule has 0 aliphatic carbocycles. The first-order chi connectivity index (χ1) is 9.75. The minimum absolute atomic E-state index is 0.139. The lowest BCUT2D eigenvalue weighted by molar-refractivity contribution is -0.00330. The lowest BCUT2D eigenvalue weighted by Gasteiger charge is -2.28. The smallest absolute Gasteiger partial charge is 0.240 e. The number of hydrogen-bond acceptors (Lipinski definition) is 4. The van der Waals surface area contributed by atoms with Gasteiger partial charge in [0.15, 0.2) is 0 Å². The summed E-state index contributed by atoms with van der Waals surface area (Å²) in [5, 5.41) is 5.35. The molecule has 0 radical (unpaired) electrons. The third kappa shape index (κ3) is 3.75. The molecule has 1 aliphatic rings. The van der Waals surface area contributed by atoms with Crippen molar-refractivity contribution in [2.45, 2.75) is 43.6 Å². The average molecular weight is 312 g/mol. The molecule has 1 fully saturated rings. The van der Waals surface area contributed by atoms with E-state index in [1.165, 1.54) is 0 Å². The van der Waals surface area contributed by atoms with Crippen LogP contribution in [0.2, 0.25) is 0 Å². The highest BCUT2D eigenvalue weighted by Gasteiger charge is 2.29. The predicted octanol–water partition coefficient (Wildman–Crippen LogP) is 2.04. The van der Waals surface area contributed by atoms with Gasteiger partial charge in [0.05, 0.1) is 11.3 Å². The summed E-state index contributed by atoms with van der Waals surface area (Å²) in [7, 11) is -1.98. The predicted molar refractivity (Wildman–Crippen MR) is 84.0 cm³/mol. The molecule has 118 valence electrons. The maximum absolute atomic E-state index is 11.8. The lowest BCUT2D eigenvalue weighted by atomic mass is 9.97. The topological polar surface area (TPSA) is 72.6 Å². The van der Waals surface area contributed by atoms with Crippen LogP contribution in [0.5, 0.6) is 0 Å². The Labute approximate surface area is 127 Å². The van der Waals surface area contributed by atoms with E-state index in [-0.39, 0.29) is 10.5 Å². The monoisotopic (exact) mass is 312 g/mol. The Morgan fingerprint density at radius 1 is 1.29 bits per heavy atom. The molecule has 2 rings (SSSR count). The van der Waals surface area contributed by atoms with Crippen LogP contribution in [0, 0.1) is 6.92 Å². The molecule has 1 unspecified atom stereocenters. The molecular formula is C15H24N2O3S. The number of aryl methyl sites for hydroxylation is 1. The van der Waals surface area contributed by atoms with E-state index in [9.17, 15) is 8.42 Å². The Bertz CT molecular complexity index is 615. The van der Waals surface area contributed by atoms with Gasteiger partial charge in [0, 0.05) is 20.2 Å². The van der Waals surface area contributed by atoms with Gasteiger partial charge in [-0.05, 0) is 50.8 Å². The zero-order valence-corrected chi connectivity index (χ0v) is 13.7. The van der Waals surface area contributed by atoms with Crippen molar-refractivity contribution in [2.75, 3.05) is 25.1 Å². The Morgan fingerprint density at radius 3 is 2.62 bits per heavy atom. The summed E-state index contributed by atoms with van der Waals surface area (Å²) in [6.07, 6.45) is 2.79. The van der Waals surface area contributed by atoms with E-state index >= 15 is 0 Å². The average Bonchev–Trinajstić information content (AvgIpc) is 2.60. The molecule has 0 amide bonds. The second-order valence-electron chi connectivity index (χ2n) is 6.01. The maximum Gasteiger partial charge on any atom is 0.240 e. The highest BCUT2D eigenvalue weighted by Crippen LogP contribution is 2.31. The van der Waals surface area contributed by atoms with Crippen LogP contribution in [0.4, 0.5) is 5.69 Å². The number of benzene rings is 1. The van der Waals surface area contributed by atoms with Crippen molar-refractivity contribution in [3.63, 3.8) is 0 Å². The zero-order chi connectivity index (χ0) is 15.7. The van der Waals surface area contributed by atoms with Gasteiger partial charge in [0.2, 0.25) is 10.0 Å². The summed E-state index contributed by atoms with van der Waals surface area (Å²) in [4.78, 5) is 2.31. The second-order valence-corrected chi connectivity index (χ2v) is 7.54. The van der Waals surface area contributed by atoms with Crippen molar-refractivity contribution >= 4 is 15.7 Å². The number of primary sulfonamides is 1. The van der Waals surface area contributed by atoms with E-state index < -0.39 is 10.0 Å². The number of sulfonamides is 1. The summed E-state index contributed by atoms with van der Waals surface area (Å²) in [5.41, 5.74) is 1.59. The van der Waals surface area contributed by atoms with Crippen LogP contribution >= 0.6 is 0 Å². The molecule has 0 spiro atoms. The van der Waals surface area contributed by atoms with Gasteiger partial charge in [0.1, 0.15) is 4.90 Å². The quantitative estimate of drug-likeness (QED) is 0.927. The van der Waals surface area contributed by atoms with Crippen LogP contribution in [-0.2, 0) is 14.8 Å². The van der Waals surface area contributed by atoms with Crippen LogP contribution < -0.4 is 10.0 Å². The summed E-state index contributed by atoms with van der Waals surface area (Å²) in [6.45, 7) is 5.63. The molecule has 6 heteroatoms. The van der Waals surface area contributed by atoms with Crippen LogP contribution in [0.3, 0.4) is 0 Å². The molecule has 1 atom stereocenters. The number of nitrogens with two attached hydrogens (primary N) is 1. The molecule has 1 saturated heterocycles. The van der Waals surface area contributed by atoms with Crippen molar-refractivity contribution in [1.82, 2.24) is 0 Å². The standard InChI is InChI=1S/C15H24N2O3S/c1-12-5-6-14(21(16,18)19)13(11-12)17-9-4-7-15(2,20-3)8-10-17/h5-6,11H,4,7-10H2,1-3H3,(H2,16,18,19). The van der Waals surface area contributed by atoms with Crippen LogP contribution in [-0.4, -0.2) is 34.2 Å². The van der Waals surface area contributed by atoms with Crippen molar-refractivity contribution in [1.29, 1.82) is 0 Å². The molecule has 0 saturated carbocycles. The van der Waals surface area contributed by atoms with Gasteiger partial charge < -0.3 is 9.64 Å². The molecule has 1 aromatic rings. The Morgan fingerprint density at radius 2 is 2.00 bits per heavy atom. The summed E-state index contributed by atoms with van der Waals surface area (Å²) in [5.74, 6) is 0. The van der Waals surface area contributed by atoms with Gasteiger partial charge in [-0.1, -0.05) is 6.07 Å². The highest BCUT2D eigenvalue weighted by atomic mass is 32.2. The fraction of sp³-hybridized carbons (Fsp3) is 0.600. The minimum atomic E-state index is -3.72. The molecule has 1 heterocycles. The Balaban J connectivity index is 2.36.